The largest absolute Gasteiger partial charge is 0.488 e. The monoisotopic (exact) mass is 179 g/mol. The summed E-state index contributed by atoms with van der Waals surface area (Å²) < 4.78 is 0. The van der Waals surface area contributed by atoms with Crippen LogP contribution in [0.2, 0.25) is 0 Å². The lowest BCUT2D eigenvalue weighted by atomic mass is 9.78. The van der Waals surface area contributed by atoms with Crippen molar-refractivity contribution in [2.45, 2.75) is 6.92 Å². The maximum atomic E-state index is 10.8. The molecule has 1 aromatic carbocycles. The molecule has 0 aliphatic heterocycles. The molecule has 0 saturated heterocycles. The summed E-state index contributed by atoms with van der Waals surface area (Å²) in [6.45, 7) is 1.75. The van der Waals surface area contributed by atoms with Crippen LogP contribution >= 0.6 is 0 Å². The first kappa shape index (κ1) is 9.76. The van der Waals surface area contributed by atoms with Gasteiger partial charge in [0.2, 0.25) is 5.91 Å². The summed E-state index contributed by atoms with van der Waals surface area (Å²) in [5.41, 5.74) is 6.37. The number of rotatable bonds is 2. The molecule has 0 radical (unpaired) electrons. The van der Waals surface area contributed by atoms with E-state index in [1.54, 1.807) is 19.1 Å². The topological polar surface area (TPSA) is 83.6 Å². The summed E-state index contributed by atoms with van der Waals surface area (Å²) in [6.07, 6.45) is 0. The molecule has 0 aliphatic rings. The highest BCUT2D eigenvalue weighted by molar-refractivity contribution is 6.58. The molecule has 0 unspecified atom stereocenters. The zero-order valence-corrected chi connectivity index (χ0v) is 7.19. The SMILES string of the molecule is Cc1cc(B(O)O)cc(C(N)=O)c1. The van der Waals surface area contributed by atoms with Crippen LogP contribution in [0, 0.1) is 6.92 Å². The standard InChI is InChI=1S/C8H10BNO3/c1-5-2-6(8(10)11)4-7(3-5)9(12)13/h2-4,12-13H,1H3,(H2,10,11). The average Bonchev–Trinajstić information content (AvgIpc) is 2.03. The van der Waals surface area contributed by atoms with Crippen LogP contribution in [0.25, 0.3) is 0 Å². The first-order valence-electron chi connectivity index (χ1n) is 3.78. The van der Waals surface area contributed by atoms with E-state index in [0.29, 0.717) is 0 Å². The van der Waals surface area contributed by atoms with Gasteiger partial charge < -0.3 is 15.8 Å². The molecule has 0 saturated carbocycles. The molecule has 0 bridgehead atoms. The van der Waals surface area contributed by atoms with Gasteiger partial charge in [-0.1, -0.05) is 11.6 Å². The Labute approximate surface area is 76.1 Å². The number of benzene rings is 1. The van der Waals surface area contributed by atoms with E-state index in [1.165, 1.54) is 6.07 Å². The quantitative estimate of drug-likeness (QED) is 0.497. The highest BCUT2D eigenvalue weighted by atomic mass is 16.4. The Bertz CT molecular complexity index is 338. The van der Waals surface area contributed by atoms with Gasteiger partial charge in [0, 0.05) is 5.56 Å². The summed E-state index contributed by atoms with van der Waals surface area (Å²) in [6, 6.07) is 4.53. The van der Waals surface area contributed by atoms with Crippen LogP contribution in [0.5, 0.6) is 0 Å². The van der Waals surface area contributed by atoms with Crippen LogP contribution in [0.3, 0.4) is 0 Å². The predicted molar refractivity (Wildman–Crippen MR) is 49.5 cm³/mol. The van der Waals surface area contributed by atoms with E-state index in [4.69, 9.17) is 15.8 Å². The van der Waals surface area contributed by atoms with Crippen molar-refractivity contribution in [3.63, 3.8) is 0 Å². The van der Waals surface area contributed by atoms with Gasteiger partial charge in [-0.25, -0.2) is 0 Å². The van der Waals surface area contributed by atoms with Crippen LogP contribution in [0.15, 0.2) is 18.2 Å². The van der Waals surface area contributed by atoms with E-state index >= 15 is 0 Å². The van der Waals surface area contributed by atoms with Crippen molar-refractivity contribution in [3.8, 4) is 0 Å². The van der Waals surface area contributed by atoms with Crippen molar-refractivity contribution >= 4 is 18.5 Å². The fourth-order valence-corrected chi connectivity index (χ4v) is 1.10. The molecule has 0 atom stereocenters. The number of hydrogen-bond donors (Lipinski definition) is 3. The molecule has 0 heterocycles. The van der Waals surface area contributed by atoms with Gasteiger partial charge in [-0.3, -0.25) is 4.79 Å². The second-order valence-electron chi connectivity index (χ2n) is 2.87. The third kappa shape index (κ3) is 2.30. The molecular formula is C8H10BNO3. The van der Waals surface area contributed by atoms with Crippen molar-refractivity contribution in [1.29, 1.82) is 0 Å². The number of nitrogens with two attached hydrogens (primary N) is 1. The first-order chi connectivity index (χ1) is 6.00. The molecule has 1 rings (SSSR count). The van der Waals surface area contributed by atoms with Crippen LogP contribution in [0.4, 0.5) is 0 Å². The van der Waals surface area contributed by atoms with Crippen LogP contribution in [0.1, 0.15) is 15.9 Å². The second kappa shape index (κ2) is 3.59. The Hall–Kier alpha value is -1.33. The van der Waals surface area contributed by atoms with Gasteiger partial charge in [-0.05, 0) is 24.5 Å². The minimum Gasteiger partial charge on any atom is -0.423 e. The van der Waals surface area contributed by atoms with Crippen LogP contribution < -0.4 is 11.2 Å². The van der Waals surface area contributed by atoms with Crippen LogP contribution in [-0.2, 0) is 0 Å². The molecule has 13 heavy (non-hydrogen) atoms. The molecular weight excluding hydrogens is 169 g/mol. The summed E-state index contributed by atoms with van der Waals surface area (Å²) in [5, 5.41) is 17.7. The summed E-state index contributed by atoms with van der Waals surface area (Å²) in [4.78, 5) is 10.8. The van der Waals surface area contributed by atoms with E-state index in [-0.39, 0.29) is 11.0 Å². The molecule has 5 heteroatoms. The number of amides is 1. The third-order valence-corrected chi connectivity index (χ3v) is 1.68. The summed E-state index contributed by atoms with van der Waals surface area (Å²) in [7, 11) is -1.57. The molecule has 1 aromatic rings. The number of primary amides is 1. The number of hydrogen-bond acceptors (Lipinski definition) is 3. The fourth-order valence-electron chi connectivity index (χ4n) is 1.10. The molecule has 68 valence electrons. The molecule has 0 aliphatic carbocycles. The molecule has 4 N–H and O–H groups in total. The Morgan fingerprint density at radius 2 is 2.00 bits per heavy atom. The lowest BCUT2D eigenvalue weighted by Crippen LogP contribution is -2.31. The highest BCUT2D eigenvalue weighted by Gasteiger charge is 2.13. The first-order valence-corrected chi connectivity index (χ1v) is 3.78. The van der Waals surface area contributed by atoms with Gasteiger partial charge in [-0.2, -0.15) is 0 Å². The molecule has 1 amide bonds. The van der Waals surface area contributed by atoms with Crippen molar-refractivity contribution in [2.75, 3.05) is 0 Å². The predicted octanol–water partition coefficient (Wildman–Crippen LogP) is -1.23. The fraction of sp³-hybridized carbons (Fsp3) is 0.125. The van der Waals surface area contributed by atoms with Crippen molar-refractivity contribution in [1.82, 2.24) is 0 Å². The zero-order valence-electron chi connectivity index (χ0n) is 7.19. The normalized spacial score (nSPS) is 9.77. The molecule has 0 aromatic heterocycles. The van der Waals surface area contributed by atoms with Gasteiger partial charge in [0.15, 0.2) is 0 Å². The molecule has 0 fully saturated rings. The Kier molecular flexibility index (Phi) is 2.70. The Morgan fingerprint density at radius 1 is 1.38 bits per heavy atom. The maximum absolute atomic E-state index is 10.8. The van der Waals surface area contributed by atoms with Gasteiger partial charge in [0.25, 0.3) is 0 Å². The van der Waals surface area contributed by atoms with E-state index in [2.05, 4.69) is 0 Å². The molecule has 4 nitrogen and oxygen atoms in total. The second-order valence-corrected chi connectivity index (χ2v) is 2.87. The minimum absolute atomic E-state index is 0.272. The maximum Gasteiger partial charge on any atom is 0.488 e. The lowest BCUT2D eigenvalue weighted by Gasteiger charge is -2.03. The third-order valence-electron chi connectivity index (χ3n) is 1.68. The smallest absolute Gasteiger partial charge is 0.423 e. The van der Waals surface area contributed by atoms with Crippen molar-refractivity contribution in [2.24, 2.45) is 5.73 Å². The average molecular weight is 179 g/mol. The van der Waals surface area contributed by atoms with Gasteiger partial charge in [-0.15, -0.1) is 0 Å². The Balaban J connectivity index is 3.19. The lowest BCUT2D eigenvalue weighted by molar-refractivity contribution is 0.100. The minimum atomic E-state index is -1.57. The highest BCUT2D eigenvalue weighted by Crippen LogP contribution is 2.01. The Morgan fingerprint density at radius 3 is 2.46 bits per heavy atom. The van der Waals surface area contributed by atoms with Gasteiger partial charge in [0.1, 0.15) is 0 Å². The van der Waals surface area contributed by atoms with E-state index < -0.39 is 13.0 Å². The van der Waals surface area contributed by atoms with E-state index in [0.717, 1.165) is 5.56 Å². The van der Waals surface area contributed by atoms with Crippen LogP contribution in [-0.4, -0.2) is 23.1 Å². The van der Waals surface area contributed by atoms with Crippen molar-refractivity contribution in [3.05, 3.63) is 29.3 Å². The zero-order chi connectivity index (χ0) is 10.0. The summed E-state index contributed by atoms with van der Waals surface area (Å²) >= 11 is 0. The van der Waals surface area contributed by atoms with Gasteiger partial charge >= 0.3 is 7.12 Å². The number of carbonyl (C=O) groups excluding carboxylic acids is 1. The number of carbonyl (C=O) groups is 1. The van der Waals surface area contributed by atoms with Gasteiger partial charge in [0.05, 0.1) is 0 Å². The number of aryl methyl sites for hydroxylation is 1. The van der Waals surface area contributed by atoms with E-state index in [9.17, 15) is 4.79 Å². The van der Waals surface area contributed by atoms with Crippen molar-refractivity contribution < 1.29 is 14.8 Å². The van der Waals surface area contributed by atoms with E-state index in [1.807, 2.05) is 0 Å². The molecule has 0 spiro atoms. The summed E-state index contributed by atoms with van der Waals surface area (Å²) in [5.74, 6) is -0.578.